The fourth-order valence-corrected chi connectivity index (χ4v) is 3.70. The Balaban J connectivity index is 1.86. The average molecular weight is 384 g/mol. The molecule has 0 aliphatic heterocycles. The number of aryl methyl sites for hydroxylation is 1. The van der Waals surface area contributed by atoms with Crippen molar-refractivity contribution in [3.8, 4) is 22.4 Å². The molecule has 146 valence electrons. The van der Waals surface area contributed by atoms with Gasteiger partial charge in [0.2, 0.25) is 5.78 Å². The van der Waals surface area contributed by atoms with Crippen molar-refractivity contribution in [1.82, 2.24) is 14.4 Å². The highest BCUT2D eigenvalue weighted by Gasteiger charge is 2.18. The van der Waals surface area contributed by atoms with Crippen LogP contribution in [0, 0.1) is 6.92 Å². The fourth-order valence-electron chi connectivity index (χ4n) is 3.70. The Hall–Kier alpha value is -3.47. The molecule has 4 rings (SSSR count). The van der Waals surface area contributed by atoms with Crippen LogP contribution in [0.2, 0.25) is 0 Å². The van der Waals surface area contributed by atoms with E-state index in [1.807, 2.05) is 60.8 Å². The molecule has 2 aromatic carbocycles. The van der Waals surface area contributed by atoms with Crippen molar-refractivity contribution in [2.24, 2.45) is 0 Å². The molecule has 29 heavy (non-hydrogen) atoms. The van der Waals surface area contributed by atoms with Crippen molar-refractivity contribution >= 4 is 17.4 Å². The largest absolute Gasteiger partial charge is 0.363 e. The number of Topliss-reactive ketones (excluding diaryl/α,β-unsaturated/α-hetero) is 1. The van der Waals surface area contributed by atoms with Gasteiger partial charge < -0.3 is 4.90 Å². The Morgan fingerprint density at radius 3 is 2.34 bits per heavy atom. The summed E-state index contributed by atoms with van der Waals surface area (Å²) < 4.78 is 1.98. The Morgan fingerprint density at radius 1 is 0.966 bits per heavy atom. The summed E-state index contributed by atoms with van der Waals surface area (Å²) in [7, 11) is 3.96. The smallest absolute Gasteiger partial charge is 0.236 e. The highest BCUT2D eigenvalue weighted by molar-refractivity contribution is 5.81. The van der Waals surface area contributed by atoms with Gasteiger partial charge in [0.05, 0.1) is 5.69 Å². The molecule has 0 radical (unpaired) electrons. The van der Waals surface area contributed by atoms with E-state index < -0.39 is 0 Å². The monoisotopic (exact) mass is 384 g/mol. The lowest BCUT2D eigenvalue weighted by molar-refractivity contribution is -0.116. The number of hydrogen-bond donors (Lipinski definition) is 0. The third kappa shape index (κ3) is 3.63. The molecule has 5 heteroatoms. The van der Waals surface area contributed by atoms with Gasteiger partial charge >= 0.3 is 0 Å². The predicted octanol–water partition coefficient (Wildman–Crippen LogP) is 4.57. The van der Waals surface area contributed by atoms with Crippen molar-refractivity contribution in [2.75, 3.05) is 19.0 Å². The van der Waals surface area contributed by atoms with Crippen molar-refractivity contribution in [2.45, 2.75) is 20.3 Å². The minimum absolute atomic E-state index is 0.119. The summed E-state index contributed by atoms with van der Waals surface area (Å²) in [5, 5.41) is 0. The molecule has 4 aromatic rings. The molecule has 0 bridgehead atoms. The van der Waals surface area contributed by atoms with Crippen LogP contribution in [0.1, 0.15) is 18.2 Å². The summed E-state index contributed by atoms with van der Waals surface area (Å²) in [5.74, 6) is 1.70. The van der Waals surface area contributed by atoms with Gasteiger partial charge in [-0.25, -0.2) is 9.97 Å². The van der Waals surface area contributed by atoms with Crippen LogP contribution in [0.3, 0.4) is 0 Å². The lowest BCUT2D eigenvalue weighted by atomic mass is 10.0. The standard InChI is InChI=1S/C24H24N4O/c1-16(29)13-21-17(2)25-24-26-22(15-28(24)23(21)27(3)4)20-12-8-11-19(14-20)18-9-6-5-7-10-18/h5-12,14-15H,13H2,1-4H3. The molecule has 5 nitrogen and oxygen atoms in total. The maximum absolute atomic E-state index is 11.8. The molecular weight excluding hydrogens is 360 g/mol. The van der Waals surface area contributed by atoms with Crippen LogP contribution in [0.25, 0.3) is 28.2 Å². The number of hydrogen-bond acceptors (Lipinski definition) is 4. The van der Waals surface area contributed by atoms with Gasteiger partial charge in [-0.3, -0.25) is 9.20 Å². The quantitative estimate of drug-likeness (QED) is 0.506. The van der Waals surface area contributed by atoms with Crippen LogP contribution in [-0.2, 0) is 11.2 Å². The zero-order valence-electron chi connectivity index (χ0n) is 17.2. The topological polar surface area (TPSA) is 50.5 Å². The summed E-state index contributed by atoms with van der Waals surface area (Å²) in [6.45, 7) is 3.55. The van der Waals surface area contributed by atoms with E-state index in [0.29, 0.717) is 12.2 Å². The van der Waals surface area contributed by atoms with E-state index in [2.05, 4.69) is 35.3 Å². The molecule has 0 N–H and O–H groups in total. The highest BCUT2D eigenvalue weighted by Crippen LogP contribution is 2.29. The zero-order valence-corrected chi connectivity index (χ0v) is 17.2. The Labute approximate surface area is 170 Å². The molecule has 2 heterocycles. The van der Waals surface area contributed by atoms with E-state index in [4.69, 9.17) is 4.98 Å². The van der Waals surface area contributed by atoms with Crippen LogP contribution in [0.4, 0.5) is 5.82 Å². The first-order chi connectivity index (χ1) is 13.9. The maximum atomic E-state index is 11.8. The zero-order chi connectivity index (χ0) is 20.5. The van der Waals surface area contributed by atoms with Crippen molar-refractivity contribution < 1.29 is 4.79 Å². The van der Waals surface area contributed by atoms with E-state index >= 15 is 0 Å². The van der Waals surface area contributed by atoms with Gasteiger partial charge in [0, 0.05) is 43.5 Å². The van der Waals surface area contributed by atoms with Gasteiger partial charge in [0.1, 0.15) is 11.6 Å². The summed E-state index contributed by atoms with van der Waals surface area (Å²) in [6, 6.07) is 18.7. The van der Waals surface area contributed by atoms with Gasteiger partial charge in [-0.2, -0.15) is 0 Å². The van der Waals surface area contributed by atoms with E-state index in [0.717, 1.165) is 33.9 Å². The van der Waals surface area contributed by atoms with Gasteiger partial charge in [-0.05, 0) is 31.0 Å². The molecule has 0 saturated heterocycles. The molecule has 0 atom stereocenters. The van der Waals surface area contributed by atoms with Crippen molar-refractivity contribution in [3.63, 3.8) is 0 Å². The Bertz CT molecular complexity index is 1190. The van der Waals surface area contributed by atoms with E-state index in [1.54, 1.807) is 6.92 Å². The number of rotatable bonds is 5. The van der Waals surface area contributed by atoms with Crippen LogP contribution in [0.15, 0.2) is 60.8 Å². The number of aromatic nitrogens is 3. The lowest BCUT2D eigenvalue weighted by Crippen LogP contribution is -2.18. The molecular formula is C24H24N4O. The number of imidazole rings is 1. The lowest BCUT2D eigenvalue weighted by Gasteiger charge is -2.20. The van der Waals surface area contributed by atoms with Crippen LogP contribution in [0.5, 0.6) is 0 Å². The molecule has 0 aliphatic carbocycles. The van der Waals surface area contributed by atoms with E-state index in [-0.39, 0.29) is 5.78 Å². The molecule has 0 unspecified atom stereocenters. The van der Waals surface area contributed by atoms with Crippen LogP contribution < -0.4 is 4.90 Å². The van der Waals surface area contributed by atoms with E-state index in [1.165, 1.54) is 5.56 Å². The number of benzene rings is 2. The molecule has 0 amide bonds. The van der Waals surface area contributed by atoms with Gasteiger partial charge in [-0.15, -0.1) is 0 Å². The number of carbonyl (C=O) groups is 1. The molecule has 0 fully saturated rings. The second-order valence-electron chi connectivity index (χ2n) is 7.52. The second kappa shape index (κ2) is 7.51. The predicted molar refractivity (Wildman–Crippen MR) is 117 cm³/mol. The van der Waals surface area contributed by atoms with Crippen molar-refractivity contribution in [1.29, 1.82) is 0 Å². The van der Waals surface area contributed by atoms with Gasteiger partial charge in [0.15, 0.2) is 0 Å². The minimum atomic E-state index is 0.119. The first-order valence-corrected chi connectivity index (χ1v) is 9.65. The number of fused-ring (bicyclic) bond motifs is 1. The maximum Gasteiger partial charge on any atom is 0.236 e. The summed E-state index contributed by atoms with van der Waals surface area (Å²) in [5.41, 5.74) is 5.99. The fraction of sp³-hybridized carbons (Fsp3) is 0.208. The average Bonchev–Trinajstić information content (AvgIpc) is 3.12. The number of nitrogens with zero attached hydrogens (tertiary/aromatic N) is 4. The summed E-state index contributed by atoms with van der Waals surface area (Å²) >= 11 is 0. The first kappa shape index (κ1) is 18.9. The summed E-state index contributed by atoms with van der Waals surface area (Å²) in [6.07, 6.45) is 2.37. The van der Waals surface area contributed by atoms with Crippen LogP contribution >= 0.6 is 0 Å². The first-order valence-electron chi connectivity index (χ1n) is 9.65. The second-order valence-corrected chi connectivity index (χ2v) is 7.52. The molecule has 2 aromatic heterocycles. The minimum Gasteiger partial charge on any atom is -0.363 e. The van der Waals surface area contributed by atoms with E-state index in [9.17, 15) is 4.79 Å². The normalized spacial score (nSPS) is 11.0. The van der Waals surface area contributed by atoms with Crippen LogP contribution in [-0.4, -0.2) is 34.2 Å². The SMILES string of the molecule is CC(=O)Cc1c(C)nc2nc(-c3cccc(-c4ccccc4)c3)cn2c1N(C)C. The van der Waals surface area contributed by atoms with Crippen molar-refractivity contribution in [3.05, 3.63) is 72.1 Å². The Kier molecular flexibility index (Phi) is 4.89. The molecule has 0 aliphatic rings. The number of carbonyl (C=O) groups excluding carboxylic acids is 1. The van der Waals surface area contributed by atoms with Gasteiger partial charge in [-0.1, -0.05) is 48.5 Å². The summed E-state index contributed by atoms with van der Waals surface area (Å²) in [4.78, 5) is 23.3. The molecule has 0 spiro atoms. The Morgan fingerprint density at radius 2 is 1.66 bits per heavy atom. The third-order valence-electron chi connectivity index (χ3n) is 5.00. The van der Waals surface area contributed by atoms with Gasteiger partial charge in [0.25, 0.3) is 0 Å². The number of ketones is 1. The third-order valence-corrected chi connectivity index (χ3v) is 5.00. The highest BCUT2D eigenvalue weighted by atomic mass is 16.1. The molecule has 0 saturated carbocycles. The number of anilines is 1.